The summed E-state index contributed by atoms with van der Waals surface area (Å²) in [5.74, 6) is 0. The summed E-state index contributed by atoms with van der Waals surface area (Å²) in [5.41, 5.74) is 2.93. The van der Waals surface area contributed by atoms with Gasteiger partial charge in [0.05, 0.1) is 0 Å². The molecule has 0 radical (unpaired) electrons. The summed E-state index contributed by atoms with van der Waals surface area (Å²) >= 11 is 0. The number of allylic oxidation sites excluding steroid dienone is 8. The molecule has 0 nitrogen and oxygen atoms in total. The van der Waals surface area contributed by atoms with E-state index < -0.39 is 8.07 Å². The topological polar surface area (TPSA) is 0 Å². The summed E-state index contributed by atoms with van der Waals surface area (Å²) < 4.78 is 0. The Kier molecular flexibility index (Phi) is 4.18. The van der Waals surface area contributed by atoms with Gasteiger partial charge in [-0.15, -0.1) is 0 Å². The number of hydrogen-bond acceptors (Lipinski definition) is 0. The molecule has 0 aliphatic heterocycles. The standard InChI is InChI=1S/C24H24Si/c1-19-11-9-17-23(19)25(21-13-5-3-6-14-21,22-15-7-4-8-16-22)24-18-10-12-20(24)2/h3-16H,17-18H2,1-2H3. The van der Waals surface area contributed by atoms with Crippen molar-refractivity contribution in [3.63, 3.8) is 0 Å². The van der Waals surface area contributed by atoms with E-state index in [4.69, 9.17) is 0 Å². The van der Waals surface area contributed by atoms with E-state index in [1.54, 1.807) is 10.4 Å². The summed E-state index contributed by atoms with van der Waals surface area (Å²) in [6, 6.07) is 22.5. The van der Waals surface area contributed by atoms with Crippen LogP contribution in [0.2, 0.25) is 0 Å². The van der Waals surface area contributed by atoms with Gasteiger partial charge in [-0.25, -0.2) is 0 Å². The molecular formula is C24H24Si. The van der Waals surface area contributed by atoms with Crippen molar-refractivity contribution in [2.24, 2.45) is 0 Å². The van der Waals surface area contributed by atoms with E-state index in [0.29, 0.717) is 0 Å². The van der Waals surface area contributed by atoms with Gasteiger partial charge in [0.2, 0.25) is 0 Å². The Morgan fingerprint density at radius 3 is 1.32 bits per heavy atom. The SMILES string of the molecule is CC1=C([Si](C2=C(C)C=CC2)(c2ccccc2)c2ccccc2)CC=C1. The van der Waals surface area contributed by atoms with Crippen molar-refractivity contribution in [2.45, 2.75) is 26.7 Å². The number of benzene rings is 2. The highest BCUT2D eigenvalue weighted by Crippen LogP contribution is 2.37. The molecule has 25 heavy (non-hydrogen) atoms. The summed E-state index contributed by atoms with van der Waals surface area (Å²) in [5, 5.41) is 6.33. The zero-order valence-electron chi connectivity index (χ0n) is 15.0. The van der Waals surface area contributed by atoms with Gasteiger partial charge >= 0.3 is 0 Å². The van der Waals surface area contributed by atoms with Crippen molar-refractivity contribution in [3.8, 4) is 0 Å². The van der Waals surface area contributed by atoms with Gasteiger partial charge in [-0.3, -0.25) is 0 Å². The minimum Gasteiger partial charge on any atom is -0.0806 e. The number of hydrogen-bond donors (Lipinski definition) is 0. The van der Waals surface area contributed by atoms with E-state index in [0.717, 1.165) is 12.8 Å². The van der Waals surface area contributed by atoms with Crippen LogP contribution in [-0.4, -0.2) is 8.07 Å². The first kappa shape index (κ1) is 16.1. The molecule has 0 saturated heterocycles. The highest BCUT2D eigenvalue weighted by Gasteiger charge is 2.46. The molecule has 1 heteroatoms. The fraction of sp³-hybridized carbons (Fsp3) is 0.167. The lowest BCUT2D eigenvalue weighted by molar-refractivity contribution is 1.28. The summed E-state index contributed by atoms with van der Waals surface area (Å²) in [6.45, 7) is 4.59. The van der Waals surface area contributed by atoms with E-state index in [-0.39, 0.29) is 0 Å². The van der Waals surface area contributed by atoms with Crippen LogP contribution in [0.5, 0.6) is 0 Å². The maximum absolute atomic E-state index is 2.36. The molecule has 0 fully saturated rings. The predicted molar refractivity (Wildman–Crippen MR) is 111 cm³/mol. The number of rotatable bonds is 4. The molecule has 0 atom stereocenters. The molecule has 2 aromatic rings. The second kappa shape index (κ2) is 6.49. The van der Waals surface area contributed by atoms with Gasteiger partial charge in [0.1, 0.15) is 0 Å². The monoisotopic (exact) mass is 340 g/mol. The summed E-state index contributed by atoms with van der Waals surface area (Å²) in [6.07, 6.45) is 11.5. The highest BCUT2D eigenvalue weighted by molar-refractivity contribution is 7.12. The smallest absolute Gasteiger partial charge is 0.0806 e. The second-order valence-electron chi connectivity index (χ2n) is 7.02. The maximum Gasteiger partial charge on any atom is 0.172 e. The van der Waals surface area contributed by atoms with Crippen LogP contribution in [0.15, 0.2) is 107 Å². The van der Waals surface area contributed by atoms with Gasteiger partial charge in [0, 0.05) is 0 Å². The maximum atomic E-state index is 2.36. The highest BCUT2D eigenvalue weighted by atomic mass is 28.3. The Morgan fingerprint density at radius 1 is 0.600 bits per heavy atom. The third-order valence-corrected chi connectivity index (χ3v) is 11.1. The van der Waals surface area contributed by atoms with Crippen LogP contribution in [0, 0.1) is 0 Å². The van der Waals surface area contributed by atoms with Crippen LogP contribution < -0.4 is 10.4 Å². The van der Waals surface area contributed by atoms with Gasteiger partial charge in [0.15, 0.2) is 8.07 Å². The van der Waals surface area contributed by atoms with Crippen LogP contribution in [0.3, 0.4) is 0 Å². The van der Waals surface area contributed by atoms with Crippen molar-refractivity contribution < 1.29 is 0 Å². The Bertz CT molecular complexity index is 818. The van der Waals surface area contributed by atoms with E-state index in [1.165, 1.54) is 21.5 Å². The molecular weight excluding hydrogens is 316 g/mol. The Balaban J connectivity index is 2.10. The first-order valence-corrected chi connectivity index (χ1v) is 11.1. The fourth-order valence-electron chi connectivity index (χ4n) is 4.55. The van der Waals surface area contributed by atoms with E-state index in [2.05, 4.69) is 98.8 Å². The van der Waals surface area contributed by atoms with Crippen LogP contribution in [0.25, 0.3) is 0 Å². The van der Waals surface area contributed by atoms with Gasteiger partial charge < -0.3 is 0 Å². The van der Waals surface area contributed by atoms with Crippen molar-refractivity contribution in [3.05, 3.63) is 107 Å². The fourth-order valence-corrected chi connectivity index (χ4v) is 10.2. The van der Waals surface area contributed by atoms with E-state index in [9.17, 15) is 0 Å². The Morgan fingerprint density at radius 2 is 1.00 bits per heavy atom. The Labute approximate surface area is 151 Å². The van der Waals surface area contributed by atoms with Crippen LogP contribution >= 0.6 is 0 Å². The minimum atomic E-state index is -2.17. The molecule has 2 aliphatic carbocycles. The van der Waals surface area contributed by atoms with Crippen molar-refractivity contribution in [1.82, 2.24) is 0 Å². The molecule has 0 aromatic heterocycles. The van der Waals surface area contributed by atoms with Gasteiger partial charge in [0.25, 0.3) is 0 Å². The minimum absolute atomic E-state index is 1.08. The zero-order valence-corrected chi connectivity index (χ0v) is 16.0. The lowest BCUT2D eigenvalue weighted by Gasteiger charge is -2.38. The van der Waals surface area contributed by atoms with Crippen LogP contribution in [0.1, 0.15) is 26.7 Å². The average Bonchev–Trinajstić information content (AvgIpc) is 3.28. The first-order valence-electron chi connectivity index (χ1n) is 9.09. The van der Waals surface area contributed by atoms with Crippen LogP contribution in [0.4, 0.5) is 0 Å². The normalized spacial score (nSPS) is 17.0. The largest absolute Gasteiger partial charge is 0.172 e. The molecule has 2 aliphatic rings. The molecule has 124 valence electrons. The predicted octanol–water partition coefficient (Wildman–Crippen LogP) is 4.88. The second-order valence-corrected chi connectivity index (χ2v) is 10.9. The molecule has 0 heterocycles. The molecule has 2 aromatic carbocycles. The van der Waals surface area contributed by atoms with Gasteiger partial charge in [-0.2, -0.15) is 0 Å². The van der Waals surface area contributed by atoms with Gasteiger partial charge in [-0.05, 0) is 37.1 Å². The lowest BCUT2D eigenvalue weighted by atomic mass is 10.3. The van der Waals surface area contributed by atoms with Crippen molar-refractivity contribution >= 4 is 18.4 Å². The van der Waals surface area contributed by atoms with Gasteiger partial charge in [-0.1, -0.05) is 107 Å². The average molecular weight is 341 g/mol. The molecule has 0 N–H and O–H groups in total. The van der Waals surface area contributed by atoms with Crippen molar-refractivity contribution in [2.75, 3.05) is 0 Å². The molecule has 0 bridgehead atoms. The molecule has 0 saturated carbocycles. The lowest BCUT2D eigenvalue weighted by Crippen LogP contribution is -2.62. The van der Waals surface area contributed by atoms with Crippen molar-refractivity contribution in [1.29, 1.82) is 0 Å². The molecule has 0 unspecified atom stereocenters. The zero-order chi connectivity index (χ0) is 17.3. The molecule has 0 spiro atoms. The molecule has 0 amide bonds. The third kappa shape index (κ3) is 2.51. The third-order valence-electron chi connectivity index (χ3n) is 5.65. The van der Waals surface area contributed by atoms with E-state index in [1.807, 2.05) is 0 Å². The quantitative estimate of drug-likeness (QED) is 0.696. The summed E-state index contributed by atoms with van der Waals surface area (Å²) in [7, 11) is -2.17. The molecule has 4 rings (SSSR count). The summed E-state index contributed by atoms with van der Waals surface area (Å²) in [4.78, 5) is 0. The van der Waals surface area contributed by atoms with E-state index >= 15 is 0 Å². The first-order chi connectivity index (χ1) is 12.2. The van der Waals surface area contributed by atoms with Crippen LogP contribution in [-0.2, 0) is 0 Å². The Hall–Kier alpha value is -2.38.